The molecule has 2 aliphatic heterocycles. The Kier molecular flexibility index (Phi) is 7.60. The lowest BCUT2D eigenvalue weighted by Crippen LogP contribution is -2.48. The van der Waals surface area contributed by atoms with Gasteiger partial charge in [0.25, 0.3) is 5.91 Å². The Hall–Kier alpha value is -2.52. The molecule has 0 unspecified atom stereocenters. The molecule has 8 heteroatoms. The Balaban J connectivity index is 1.38. The second-order valence-corrected chi connectivity index (χ2v) is 10.3. The lowest BCUT2D eigenvalue weighted by molar-refractivity contribution is 0.0649. The number of hydrogen-bond donors (Lipinski definition) is 0. The molecule has 2 fully saturated rings. The molecule has 0 radical (unpaired) electrons. The van der Waals surface area contributed by atoms with Gasteiger partial charge >= 0.3 is 0 Å². The minimum absolute atomic E-state index is 0.106. The fourth-order valence-corrected chi connectivity index (χ4v) is 5.57. The van der Waals surface area contributed by atoms with E-state index in [1.807, 2.05) is 30.0 Å². The van der Waals surface area contributed by atoms with E-state index in [2.05, 4.69) is 29.2 Å². The van der Waals surface area contributed by atoms with E-state index in [0.717, 1.165) is 25.2 Å². The van der Waals surface area contributed by atoms with Crippen LogP contribution >= 0.6 is 0 Å². The van der Waals surface area contributed by atoms with Crippen molar-refractivity contribution >= 4 is 22.0 Å². The van der Waals surface area contributed by atoms with Gasteiger partial charge in [0.2, 0.25) is 10.0 Å². The van der Waals surface area contributed by atoms with Gasteiger partial charge in [-0.15, -0.1) is 0 Å². The molecule has 7 nitrogen and oxygen atoms in total. The molecular formula is C25H31N3O4S. The topological polar surface area (TPSA) is 70.2 Å². The summed E-state index contributed by atoms with van der Waals surface area (Å²) < 4.78 is 32.8. The number of benzene rings is 2. The molecule has 176 valence electrons. The third-order valence-corrected chi connectivity index (χ3v) is 8.07. The Morgan fingerprint density at radius 2 is 1.67 bits per heavy atom. The first-order valence-corrected chi connectivity index (χ1v) is 12.8. The van der Waals surface area contributed by atoms with E-state index < -0.39 is 10.0 Å². The number of sulfonamides is 1. The van der Waals surface area contributed by atoms with Crippen molar-refractivity contribution in [3.05, 3.63) is 71.3 Å². The van der Waals surface area contributed by atoms with Gasteiger partial charge in [0, 0.05) is 51.4 Å². The zero-order valence-corrected chi connectivity index (χ0v) is 19.8. The molecule has 0 aliphatic carbocycles. The van der Waals surface area contributed by atoms with E-state index in [4.69, 9.17) is 4.74 Å². The van der Waals surface area contributed by atoms with Crippen LogP contribution in [0.5, 0.6) is 0 Å². The van der Waals surface area contributed by atoms with Crippen molar-refractivity contribution in [2.24, 2.45) is 0 Å². The summed E-state index contributed by atoms with van der Waals surface area (Å²) in [5.74, 6) is -0.106. The first-order valence-electron chi connectivity index (χ1n) is 11.4. The maximum absolute atomic E-state index is 13.2. The summed E-state index contributed by atoms with van der Waals surface area (Å²) in [7, 11) is -3.64. The number of carbonyl (C=O) groups is 1. The summed E-state index contributed by atoms with van der Waals surface area (Å²) in [6.07, 6.45) is 4.26. The molecule has 0 spiro atoms. The molecule has 2 aliphatic rings. The zero-order chi connectivity index (χ0) is 23.3. The van der Waals surface area contributed by atoms with E-state index in [1.165, 1.54) is 15.9 Å². The minimum Gasteiger partial charge on any atom is -0.379 e. The highest BCUT2D eigenvalue weighted by Crippen LogP contribution is 2.22. The number of aryl methyl sites for hydroxylation is 1. The van der Waals surface area contributed by atoms with Crippen molar-refractivity contribution in [1.29, 1.82) is 0 Å². The van der Waals surface area contributed by atoms with Crippen molar-refractivity contribution in [1.82, 2.24) is 14.1 Å². The van der Waals surface area contributed by atoms with Gasteiger partial charge in [-0.05, 0) is 30.2 Å². The van der Waals surface area contributed by atoms with Crippen molar-refractivity contribution in [3.63, 3.8) is 0 Å². The number of ether oxygens (including phenoxy) is 1. The van der Waals surface area contributed by atoms with Crippen LogP contribution in [0.15, 0.2) is 59.5 Å². The Morgan fingerprint density at radius 1 is 0.970 bits per heavy atom. The zero-order valence-electron chi connectivity index (χ0n) is 19.0. The second kappa shape index (κ2) is 10.6. The number of morpholine rings is 1. The molecule has 2 aromatic rings. The van der Waals surface area contributed by atoms with Gasteiger partial charge in [-0.2, -0.15) is 4.31 Å². The minimum atomic E-state index is -3.64. The summed E-state index contributed by atoms with van der Waals surface area (Å²) in [4.78, 5) is 17.6. The largest absolute Gasteiger partial charge is 0.379 e. The lowest BCUT2D eigenvalue weighted by Gasteiger charge is -2.34. The first-order chi connectivity index (χ1) is 15.9. The van der Waals surface area contributed by atoms with E-state index in [0.29, 0.717) is 45.0 Å². The molecule has 0 N–H and O–H groups in total. The van der Waals surface area contributed by atoms with Crippen LogP contribution in [0.1, 0.15) is 21.5 Å². The lowest BCUT2D eigenvalue weighted by atomic mass is 10.1. The number of amides is 1. The van der Waals surface area contributed by atoms with Crippen molar-refractivity contribution in [2.75, 3.05) is 59.0 Å². The van der Waals surface area contributed by atoms with Crippen molar-refractivity contribution in [3.8, 4) is 0 Å². The van der Waals surface area contributed by atoms with Gasteiger partial charge < -0.3 is 9.64 Å². The number of nitrogens with zero attached hydrogens (tertiary/aromatic N) is 3. The molecule has 0 aromatic heterocycles. The van der Waals surface area contributed by atoms with E-state index in [1.54, 1.807) is 12.1 Å². The third kappa shape index (κ3) is 5.70. The standard InChI is InChI=1S/C25H31N3O4S/c1-21-9-10-23(33(30,31)28-16-18-32-19-17-28)20-24(21)25(29)27-14-12-26(13-15-27)11-5-8-22-6-3-2-4-7-22/h2-10,20H,11-19H2,1H3/b8-5+. The SMILES string of the molecule is Cc1ccc(S(=O)(=O)N2CCOCC2)cc1C(=O)N1CCN(C/C=C/c2ccccc2)CC1. The molecule has 4 rings (SSSR count). The number of rotatable bonds is 6. The van der Waals surface area contributed by atoms with Gasteiger partial charge in [0.1, 0.15) is 0 Å². The molecule has 33 heavy (non-hydrogen) atoms. The molecule has 2 aromatic carbocycles. The highest BCUT2D eigenvalue weighted by atomic mass is 32.2. The molecule has 0 bridgehead atoms. The average Bonchev–Trinajstić information content (AvgIpc) is 2.85. The van der Waals surface area contributed by atoms with Crippen LogP contribution in [0, 0.1) is 6.92 Å². The van der Waals surface area contributed by atoms with Crippen LogP contribution in [0.25, 0.3) is 6.08 Å². The van der Waals surface area contributed by atoms with Gasteiger partial charge in [-0.1, -0.05) is 48.6 Å². The van der Waals surface area contributed by atoms with Crippen LogP contribution < -0.4 is 0 Å². The summed E-state index contributed by atoms with van der Waals surface area (Å²) >= 11 is 0. The Bertz CT molecular complexity index is 1090. The smallest absolute Gasteiger partial charge is 0.254 e. The molecule has 2 saturated heterocycles. The van der Waals surface area contributed by atoms with Crippen LogP contribution in [0.2, 0.25) is 0 Å². The van der Waals surface area contributed by atoms with Crippen molar-refractivity contribution in [2.45, 2.75) is 11.8 Å². The van der Waals surface area contributed by atoms with E-state index >= 15 is 0 Å². The molecule has 1 amide bonds. The quantitative estimate of drug-likeness (QED) is 0.650. The van der Waals surface area contributed by atoms with Gasteiger partial charge in [0.15, 0.2) is 0 Å². The van der Waals surface area contributed by atoms with Gasteiger partial charge in [-0.3, -0.25) is 9.69 Å². The maximum atomic E-state index is 13.2. The third-order valence-electron chi connectivity index (χ3n) is 6.18. The van der Waals surface area contributed by atoms with E-state index in [9.17, 15) is 13.2 Å². The summed E-state index contributed by atoms with van der Waals surface area (Å²) in [6.45, 7) is 6.96. The maximum Gasteiger partial charge on any atom is 0.254 e. The summed E-state index contributed by atoms with van der Waals surface area (Å²) in [5, 5.41) is 0. The predicted molar refractivity (Wildman–Crippen MR) is 129 cm³/mol. The Labute approximate surface area is 196 Å². The summed E-state index contributed by atoms with van der Waals surface area (Å²) in [5.41, 5.74) is 2.42. The van der Waals surface area contributed by atoms with Gasteiger partial charge in [-0.25, -0.2) is 8.42 Å². The van der Waals surface area contributed by atoms with Gasteiger partial charge in [0.05, 0.1) is 18.1 Å². The fourth-order valence-electron chi connectivity index (χ4n) is 4.13. The van der Waals surface area contributed by atoms with Crippen LogP contribution in [0.4, 0.5) is 0 Å². The number of carbonyl (C=O) groups excluding carboxylic acids is 1. The van der Waals surface area contributed by atoms with Crippen LogP contribution in [-0.4, -0.2) is 87.5 Å². The highest BCUT2D eigenvalue weighted by molar-refractivity contribution is 7.89. The molecule has 0 saturated carbocycles. The molecular weight excluding hydrogens is 438 g/mol. The summed E-state index contributed by atoms with van der Waals surface area (Å²) in [6, 6.07) is 15.0. The van der Waals surface area contributed by atoms with E-state index in [-0.39, 0.29) is 10.8 Å². The Morgan fingerprint density at radius 3 is 2.36 bits per heavy atom. The second-order valence-electron chi connectivity index (χ2n) is 8.40. The average molecular weight is 470 g/mol. The monoisotopic (exact) mass is 469 g/mol. The molecule has 2 heterocycles. The predicted octanol–water partition coefficient (Wildman–Crippen LogP) is 2.49. The normalized spacial score (nSPS) is 18.6. The number of piperazine rings is 1. The molecule has 0 atom stereocenters. The number of hydrogen-bond acceptors (Lipinski definition) is 5. The van der Waals surface area contributed by atoms with Crippen LogP contribution in [0.3, 0.4) is 0 Å². The highest BCUT2D eigenvalue weighted by Gasteiger charge is 2.29. The van der Waals surface area contributed by atoms with Crippen molar-refractivity contribution < 1.29 is 17.9 Å². The first kappa shape index (κ1) is 23.6. The van der Waals surface area contributed by atoms with Crippen LogP contribution in [-0.2, 0) is 14.8 Å². The fraction of sp³-hybridized carbons (Fsp3) is 0.400.